The van der Waals surface area contributed by atoms with Crippen molar-refractivity contribution in [1.82, 2.24) is 4.31 Å². The van der Waals surface area contributed by atoms with Crippen LogP contribution < -0.4 is 0 Å². The largest absolute Gasteiger partial charge is 0.392 e. The molecule has 1 saturated heterocycles. The Bertz CT molecular complexity index is 568. The van der Waals surface area contributed by atoms with Crippen molar-refractivity contribution >= 4 is 10.0 Å². The lowest BCUT2D eigenvalue weighted by molar-refractivity contribution is 0.281. The van der Waals surface area contributed by atoms with Crippen LogP contribution in [0.15, 0.2) is 23.1 Å². The van der Waals surface area contributed by atoms with Crippen LogP contribution in [0.3, 0.4) is 0 Å². The normalized spacial score (nSPS) is 20.4. The summed E-state index contributed by atoms with van der Waals surface area (Å²) in [5, 5.41) is 9.23. The number of hydrogen-bond acceptors (Lipinski definition) is 3. The van der Waals surface area contributed by atoms with Crippen molar-refractivity contribution in [2.45, 2.75) is 44.6 Å². The Labute approximate surface area is 121 Å². The van der Waals surface area contributed by atoms with E-state index in [1.165, 1.54) is 0 Å². The molecule has 0 spiro atoms. The Hall–Kier alpha value is -0.910. The van der Waals surface area contributed by atoms with Crippen LogP contribution in [0.1, 0.15) is 37.8 Å². The number of sulfonamides is 1. The minimum atomic E-state index is -3.43. The molecule has 0 amide bonds. The van der Waals surface area contributed by atoms with Gasteiger partial charge in [-0.1, -0.05) is 32.4 Å². The smallest absolute Gasteiger partial charge is 0.243 e. The lowest BCUT2D eigenvalue weighted by Crippen LogP contribution is -2.29. The quantitative estimate of drug-likeness (QED) is 0.906. The summed E-state index contributed by atoms with van der Waals surface area (Å²) >= 11 is 0. The van der Waals surface area contributed by atoms with Crippen LogP contribution in [0.25, 0.3) is 0 Å². The Morgan fingerprint density at radius 2 is 2.10 bits per heavy atom. The van der Waals surface area contributed by atoms with Crippen molar-refractivity contribution < 1.29 is 13.5 Å². The first-order valence-corrected chi connectivity index (χ1v) is 8.69. The summed E-state index contributed by atoms with van der Waals surface area (Å²) in [5.41, 5.74) is 1.47. The zero-order chi connectivity index (χ0) is 14.8. The third-order valence-electron chi connectivity index (χ3n) is 4.14. The predicted molar refractivity (Wildman–Crippen MR) is 78.9 cm³/mol. The van der Waals surface area contributed by atoms with Gasteiger partial charge in [0.25, 0.3) is 0 Å². The fourth-order valence-corrected chi connectivity index (χ4v) is 4.59. The summed E-state index contributed by atoms with van der Waals surface area (Å²) < 4.78 is 27.2. The van der Waals surface area contributed by atoms with Crippen LogP contribution in [0.5, 0.6) is 0 Å². The molecule has 1 aromatic rings. The van der Waals surface area contributed by atoms with Gasteiger partial charge in [-0.3, -0.25) is 0 Å². The molecule has 0 bridgehead atoms. The molecule has 0 aliphatic carbocycles. The number of nitrogens with zero attached hydrogens (tertiary/aromatic N) is 1. The van der Waals surface area contributed by atoms with E-state index < -0.39 is 10.0 Å². The lowest BCUT2D eigenvalue weighted by atomic mass is 10.1. The number of benzene rings is 1. The van der Waals surface area contributed by atoms with Crippen LogP contribution in [-0.2, 0) is 23.1 Å². The van der Waals surface area contributed by atoms with E-state index in [0.717, 1.165) is 18.4 Å². The van der Waals surface area contributed by atoms with Gasteiger partial charge < -0.3 is 5.11 Å². The van der Waals surface area contributed by atoms with E-state index in [4.69, 9.17) is 0 Å². The zero-order valence-electron chi connectivity index (χ0n) is 12.2. The predicted octanol–water partition coefficient (Wildman–Crippen LogP) is 2.16. The molecule has 1 unspecified atom stereocenters. The molecule has 1 atom stereocenters. The maximum Gasteiger partial charge on any atom is 0.243 e. The molecule has 2 rings (SSSR count). The maximum absolute atomic E-state index is 12.8. The highest BCUT2D eigenvalue weighted by Crippen LogP contribution is 2.28. The van der Waals surface area contributed by atoms with Crippen molar-refractivity contribution in [3.63, 3.8) is 0 Å². The molecule has 112 valence electrons. The number of aryl methyl sites for hydroxylation is 1. The summed E-state index contributed by atoms with van der Waals surface area (Å²) in [6.45, 7) is 5.14. The van der Waals surface area contributed by atoms with Gasteiger partial charge in [0.1, 0.15) is 0 Å². The summed E-state index contributed by atoms with van der Waals surface area (Å²) in [5.74, 6) is 0.468. The van der Waals surface area contributed by atoms with Gasteiger partial charge in [-0.05, 0) is 36.0 Å². The second-order valence-electron chi connectivity index (χ2n) is 5.38. The van der Waals surface area contributed by atoms with Gasteiger partial charge >= 0.3 is 0 Å². The molecule has 1 aliphatic heterocycles. The van der Waals surface area contributed by atoms with E-state index in [2.05, 4.69) is 6.92 Å². The Balaban J connectivity index is 2.38. The standard InChI is InChI=1S/C15H23NO3S/c1-3-12-7-8-16(10-12)20(18,19)15-9-13(11-17)5-6-14(15)4-2/h5-6,9,12,17H,3-4,7-8,10-11H2,1-2H3. The first kappa shape index (κ1) is 15.5. The molecule has 1 N–H and O–H groups in total. The van der Waals surface area contributed by atoms with Gasteiger partial charge in [-0.15, -0.1) is 0 Å². The van der Waals surface area contributed by atoms with E-state index in [0.29, 0.717) is 35.9 Å². The average molecular weight is 297 g/mol. The lowest BCUT2D eigenvalue weighted by Gasteiger charge is -2.19. The van der Waals surface area contributed by atoms with Crippen LogP contribution >= 0.6 is 0 Å². The van der Waals surface area contributed by atoms with Crippen molar-refractivity contribution in [1.29, 1.82) is 0 Å². The molecule has 0 saturated carbocycles. The first-order valence-electron chi connectivity index (χ1n) is 7.25. The van der Waals surface area contributed by atoms with Crippen LogP contribution in [0, 0.1) is 5.92 Å². The SMILES string of the molecule is CCc1ccc(CO)cc1S(=O)(=O)N1CCC(CC)C1. The van der Waals surface area contributed by atoms with Crippen molar-refractivity contribution in [2.75, 3.05) is 13.1 Å². The highest BCUT2D eigenvalue weighted by Gasteiger charge is 2.32. The molecular weight excluding hydrogens is 274 g/mol. The minimum Gasteiger partial charge on any atom is -0.392 e. The van der Waals surface area contributed by atoms with Crippen molar-refractivity contribution in [3.05, 3.63) is 29.3 Å². The van der Waals surface area contributed by atoms with Crippen LogP contribution in [0.4, 0.5) is 0 Å². The number of aliphatic hydroxyl groups excluding tert-OH is 1. The average Bonchev–Trinajstić information content (AvgIpc) is 2.96. The van der Waals surface area contributed by atoms with E-state index in [9.17, 15) is 13.5 Å². The number of hydrogen-bond donors (Lipinski definition) is 1. The number of rotatable bonds is 5. The third kappa shape index (κ3) is 2.90. The van der Waals surface area contributed by atoms with Gasteiger partial charge in [0.2, 0.25) is 10.0 Å². The molecule has 1 fully saturated rings. The third-order valence-corrected chi connectivity index (χ3v) is 6.09. The minimum absolute atomic E-state index is 0.135. The summed E-state index contributed by atoms with van der Waals surface area (Å²) in [6, 6.07) is 5.22. The molecule has 0 radical (unpaired) electrons. The monoisotopic (exact) mass is 297 g/mol. The second kappa shape index (κ2) is 6.24. The summed E-state index contributed by atoms with van der Waals surface area (Å²) in [7, 11) is -3.43. The number of aliphatic hydroxyl groups is 1. The molecule has 5 heteroatoms. The van der Waals surface area contributed by atoms with Crippen LogP contribution in [-0.4, -0.2) is 30.9 Å². The Morgan fingerprint density at radius 1 is 1.35 bits per heavy atom. The zero-order valence-corrected chi connectivity index (χ0v) is 13.0. The van der Waals surface area contributed by atoms with Gasteiger partial charge in [0.05, 0.1) is 11.5 Å². The fraction of sp³-hybridized carbons (Fsp3) is 0.600. The Morgan fingerprint density at radius 3 is 2.65 bits per heavy atom. The van der Waals surface area contributed by atoms with Gasteiger partial charge in [0.15, 0.2) is 0 Å². The second-order valence-corrected chi connectivity index (χ2v) is 7.29. The molecule has 1 heterocycles. The molecule has 20 heavy (non-hydrogen) atoms. The molecule has 0 aromatic heterocycles. The van der Waals surface area contributed by atoms with Gasteiger partial charge in [0, 0.05) is 13.1 Å². The van der Waals surface area contributed by atoms with E-state index in [1.807, 2.05) is 13.0 Å². The first-order chi connectivity index (χ1) is 9.52. The fourth-order valence-electron chi connectivity index (χ4n) is 2.72. The molecule has 1 aliphatic rings. The molecular formula is C15H23NO3S. The highest BCUT2D eigenvalue weighted by atomic mass is 32.2. The van der Waals surface area contributed by atoms with Gasteiger partial charge in [-0.25, -0.2) is 8.42 Å². The Kier molecular flexibility index (Phi) is 4.83. The van der Waals surface area contributed by atoms with Gasteiger partial charge in [-0.2, -0.15) is 4.31 Å². The van der Waals surface area contributed by atoms with E-state index in [1.54, 1.807) is 16.4 Å². The maximum atomic E-state index is 12.8. The highest BCUT2D eigenvalue weighted by molar-refractivity contribution is 7.89. The van der Waals surface area contributed by atoms with E-state index in [-0.39, 0.29) is 6.61 Å². The van der Waals surface area contributed by atoms with Crippen molar-refractivity contribution in [3.8, 4) is 0 Å². The van der Waals surface area contributed by atoms with Crippen molar-refractivity contribution in [2.24, 2.45) is 5.92 Å². The van der Waals surface area contributed by atoms with E-state index >= 15 is 0 Å². The summed E-state index contributed by atoms with van der Waals surface area (Å²) in [4.78, 5) is 0.364. The molecule has 4 nitrogen and oxygen atoms in total. The molecule has 1 aromatic carbocycles. The van der Waals surface area contributed by atoms with Crippen LogP contribution in [0.2, 0.25) is 0 Å². The topological polar surface area (TPSA) is 57.6 Å². The summed E-state index contributed by atoms with van der Waals surface area (Å²) in [6.07, 6.45) is 2.63.